The average molecular weight is 583 g/mol. The molecular weight excluding hydrogens is 556 g/mol. The number of benzene rings is 6. The Morgan fingerprint density at radius 3 is 2.09 bits per heavy atom. The van der Waals surface area contributed by atoms with E-state index in [1.807, 2.05) is 68.4 Å². The van der Waals surface area contributed by atoms with Crippen LogP contribution in [0, 0.1) is 6.57 Å². The SMILES string of the molecule is [C-]#[N+]c1ccc2c(c1)c1ccccc1n2-c1ccc2c(c1)-c1cc(-c3ccc4c(c3)oc3ccccc34)ccc1OC(C)(C)O2. The summed E-state index contributed by atoms with van der Waals surface area (Å²) < 4.78 is 21.4. The largest absolute Gasteiger partial charge is 0.456 e. The number of rotatable bonds is 2. The van der Waals surface area contributed by atoms with Gasteiger partial charge in [-0.3, -0.25) is 0 Å². The first-order valence-electron chi connectivity index (χ1n) is 14.9. The minimum absolute atomic E-state index is 0.627. The van der Waals surface area contributed by atoms with Gasteiger partial charge in [0.1, 0.15) is 22.7 Å². The maximum atomic E-state index is 7.56. The van der Waals surface area contributed by atoms with Gasteiger partial charge in [-0.1, -0.05) is 54.6 Å². The van der Waals surface area contributed by atoms with Crippen molar-refractivity contribution in [1.82, 2.24) is 4.57 Å². The van der Waals surface area contributed by atoms with Crippen molar-refractivity contribution in [3.63, 3.8) is 0 Å². The fourth-order valence-corrected chi connectivity index (χ4v) is 6.73. The fraction of sp³-hybridized carbons (Fsp3) is 0.0750. The van der Waals surface area contributed by atoms with Crippen LogP contribution in [0.4, 0.5) is 5.69 Å². The summed E-state index contributed by atoms with van der Waals surface area (Å²) in [5, 5.41) is 4.38. The lowest BCUT2D eigenvalue weighted by Gasteiger charge is -2.25. The topological polar surface area (TPSA) is 40.9 Å². The van der Waals surface area contributed by atoms with E-state index in [4.69, 9.17) is 20.5 Å². The number of ether oxygens (including phenoxy) is 2. The second-order valence-electron chi connectivity index (χ2n) is 12.0. The second kappa shape index (κ2) is 9.25. The van der Waals surface area contributed by atoms with Crippen molar-refractivity contribution in [1.29, 1.82) is 0 Å². The van der Waals surface area contributed by atoms with E-state index in [1.165, 1.54) is 0 Å². The van der Waals surface area contributed by atoms with E-state index < -0.39 is 5.79 Å². The van der Waals surface area contributed by atoms with Crippen LogP contribution < -0.4 is 9.47 Å². The predicted molar refractivity (Wildman–Crippen MR) is 181 cm³/mol. The van der Waals surface area contributed by atoms with E-state index in [2.05, 4.69) is 76.1 Å². The van der Waals surface area contributed by atoms with Gasteiger partial charge in [-0.05, 0) is 83.2 Å². The van der Waals surface area contributed by atoms with Crippen LogP contribution in [0.15, 0.2) is 126 Å². The van der Waals surface area contributed by atoms with Crippen molar-refractivity contribution in [2.45, 2.75) is 19.6 Å². The van der Waals surface area contributed by atoms with E-state index in [1.54, 1.807) is 0 Å². The van der Waals surface area contributed by atoms with Crippen LogP contribution in [0.3, 0.4) is 0 Å². The molecule has 0 unspecified atom stereocenters. The Balaban J connectivity index is 1.25. The molecule has 214 valence electrons. The van der Waals surface area contributed by atoms with Crippen molar-refractivity contribution < 1.29 is 13.9 Å². The summed E-state index contributed by atoms with van der Waals surface area (Å²) >= 11 is 0. The zero-order chi connectivity index (χ0) is 30.3. The van der Waals surface area contributed by atoms with Crippen molar-refractivity contribution >= 4 is 49.4 Å². The van der Waals surface area contributed by atoms with Crippen LogP contribution in [0.2, 0.25) is 0 Å². The summed E-state index contributed by atoms with van der Waals surface area (Å²) in [6, 6.07) is 41.4. The molecular formula is C40H26N2O3. The standard InChI is InChI=1S/C40H26N2O3/c1-40(2)44-37-18-13-24(25-12-16-30-29-9-5-7-11-36(29)43-39(30)21-25)20-32(37)33-23-27(15-19-38(33)45-40)42-34-10-6-4-8-28(34)31-22-26(41-3)14-17-35(31)42/h4-23H,1-2H3. The van der Waals surface area contributed by atoms with Crippen LogP contribution in [-0.4, -0.2) is 10.4 Å². The molecule has 9 rings (SSSR count). The lowest BCUT2D eigenvalue weighted by molar-refractivity contribution is -0.0778. The third kappa shape index (κ3) is 3.93. The summed E-state index contributed by atoms with van der Waals surface area (Å²) in [5.74, 6) is 0.649. The van der Waals surface area contributed by atoms with Crippen molar-refractivity contribution in [3.05, 3.63) is 133 Å². The van der Waals surface area contributed by atoms with Gasteiger partial charge in [0.25, 0.3) is 0 Å². The van der Waals surface area contributed by atoms with Gasteiger partial charge >= 0.3 is 0 Å². The Hall–Kier alpha value is -5.99. The van der Waals surface area contributed by atoms with E-state index in [-0.39, 0.29) is 0 Å². The van der Waals surface area contributed by atoms with E-state index in [9.17, 15) is 0 Å². The number of furan rings is 1. The Morgan fingerprint density at radius 1 is 0.578 bits per heavy atom. The maximum Gasteiger partial charge on any atom is 0.245 e. The third-order valence-corrected chi connectivity index (χ3v) is 8.70. The van der Waals surface area contributed by atoms with Gasteiger partial charge in [-0.15, -0.1) is 0 Å². The molecule has 1 aliphatic rings. The maximum absolute atomic E-state index is 7.56. The molecule has 6 aromatic carbocycles. The third-order valence-electron chi connectivity index (χ3n) is 8.70. The normalized spacial score (nSPS) is 13.6. The molecule has 0 atom stereocenters. The highest BCUT2D eigenvalue weighted by Gasteiger charge is 2.30. The smallest absolute Gasteiger partial charge is 0.245 e. The molecule has 0 amide bonds. The average Bonchev–Trinajstić information content (AvgIpc) is 3.56. The van der Waals surface area contributed by atoms with Crippen molar-refractivity contribution in [2.24, 2.45) is 0 Å². The number of para-hydroxylation sites is 2. The molecule has 5 nitrogen and oxygen atoms in total. The number of nitrogens with zero attached hydrogens (tertiary/aromatic N) is 2. The molecule has 8 aromatic rings. The highest BCUT2D eigenvalue weighted by atomic mass is 16.7. The van der Waals surface area contributed by atoms with Gasteiger partial charge in [-0.2, -0.15) is 0 Å². The highest BCUT2D eigenvalue weighted by Crippen LogP contribution is 2.46. The quantitative estimate of drug-likeness (QED) is 0.190. The van der Waals surface area contributed by atoms with Crippen LogP contribution >= 0.6 is 0 Å². The van der Waals surface area contributed by atoms with Crippen LogP contribution in [0.25, 0.3) is 76.5 Å². The molecule has 0 radical (unpaired) electrons. The second-order valence-corrected chi connectivity index (χ2v) is 12.0. The number of hydrogen-bond donors (Lipinski definition) is 0. The first-order chi connectivity index (χ1) is 22.0. The van der Waals surface area contributed by atoms with Crippen molar-refractivity contribution in [3.8, 4) is 39.4 Å². The van der Waals surface area contributed by atoms with Gasteiger partial charge < -0.3 is 18.5 Å². The monoisotopic (exact) mass is 582 g/mol. The first-order valence-corrected chi connectivity index (χ1v) is 14.9. The summed E-state index contributed by atoms with van der Waals surface area (Å²) in [7, 11) is 0. The molecule has 0 saturated carbocycles. The zero-order valence-electron chi connectivity index (χ0n) is 24.7. The zero-order valence-corrected chi connectivity index (χ0v) is 24.7. The molecule has 0 fully saturated rings. The van der Waals surface area contributed by atoms with E-state index in [0.29, 0.717) is 5.69 Å². The van der Waals surface area contributed by atoms with Crippen LogP contribution in [0.1, 0.15) is 13.8 Å². The summed E-state index contributed by atoms with van der Waals surface area (Å²) in [5.41, 5.74) is 9.51. The molecule has 2 aromatic heterocycles. The molecule has 0 N–H and O–H groups in total. The Bertz CT molecular complexity index is 2540. The molecule has 1 aliphatic heterocycles. The summed E-state index contributed by atoms with van der Waals surface area (Å²) in [4.78, 5) is 3.68. The molecule has 45 heavy (non-hydrogen) atoms. The molecule has 0 aliphatic carbocycles. The molecule has 0 saturated heterocycles. The van der Waals surface area contributed by atoms with Crippen LogP contribution in [0.5, 0.6) is 11.5 Å². The molecule has 0 spiro atoms. The Labute approximate surface area is 259 Å². The summed E-state index contributed by atoms with van der Waals surface area (Å²) in [6.07, 6.45) is 0. The first kappa shape index (κ1) is 25.5. The van der Waals surface area contributed by atoms with Crippen molar-refractivity contribution in [2.75, 3.05) is 0 Å². The van der Waals surface area contributed by atoms with Gasteiger partial charge in [0.05, 0.1) is 17.6 Å². The molecule has 3 heterocycles. The molecule has 5 heteroatoms. The van der Waals surface area contributed by atoms with Gasteiger partial charge in [-0.25, -0.2) is 4.85 Å². The van der Waals surface area contributed by atoms with Gasteiger partial charge in [0, 0.05) is 46.8 Å². The summed E-state index contributed by atoms with van der Waals surface area (Å²) in [6.45, 7) is 11.4. The Morgan fingerprint density at radius 2 is 1.24 bits per heavy atom. The van der Waals surface area contributed by atoms with Gasteiger partial charge in [0.2, 0.25) is 5.79 Å². The predicted octanol–water partition coefficient (Wildman–Crippen LogP) is 11.1. The number of fused-ring (bicyclic) bond motifs is 9. The Kier molecular flexibility index (Phi) is 5.24. The molecule has 0 bridgehead atoms. The minimum atomic E-state index is -0.862. The van der Waals surface area contributed by atoms with E-state index in [0.717, 1.165) is 83.2 Å². The minimum Gasteiger partial charge on any atom is -0.456 e. The van der Waals surface area contributed by atoms with Crippen LogP contribution in [-0.2, 0) is 0 Å². The number of aromatic nitrogens is 1. The lowest BCUT2D eigenvalue weighted by atomic mass is 9.96. The lowest BCUT2D eigenvalue weighted by Crippen LogP contribution is -2.34. The number of hydrogen-bond acceptors (Lipinski definition) is 3. The highest BCUT2D eigenvalue weighted by molar-refractivity contribution is 6.10. The van der Waals surface area contributed by atoms with Gasteiger partial charge in [0.15, 0.2) is 5.69 Å². The van der Waals surface area contributed by atoms with E-state index >= 15 is 0 Å². The fourth-order valence-electron chi connectivity index (χ4n) is 6.73.